The first-order valence-electron chi connectivity index (χ1n) is 26.6. The fraction of sp³-hybridized carbons (Fsp3) is 0.944. The van der Waals surface area contributed by atoms with Crippen molar-refractivity contribution in [2.45, 2.75) is 304 Å². The monoisotopic (exact) mass is 878 g/mol. The number of esters is 2. The molecule has 0 aliphatic heterocycles. The summed E-state index contributed by atoms with van der Waals surface area (Å²) in [5.41, 5.74) is -2.14. The van der Waals surface area contributed by atoms with Crippen molar-refractivity contribution in [2.24, 2.45) is 5.41 Å². The van der Waals surface area contributed by atoms with Crippen LogP contribution in [0.25, 0.3) is 0 Å². The average molecular weight is 878 g/mol. The van der Waals surface area contributed by atoms with Gasteiger partial charge in [0.25, 0.3) is 0 Å². The van der Waals surface area contributed by atoms with E-state index in [4.69, 9.17) is 18.9 Å². The SMILES string of the molecule is CCCCCCCCCCCCCCCCCCOC(=O)C(CNC(=O)C1(C)CC1(C)OC(C)(C)CCOC(C)(C)C)OC(=O)CCCCCCCCCCCCCCCCC. The Hall–Kier alpha value is -1.67. The van der Waals surface area contributed by atoms with E-state index in [9.17, 15) is 14.4 Å². The Kier molecular flexibility index (Phi) is 32.6. The molecule has 1 fully saturated rings. The van der Waals surface area contributed by atoms with Crippen LogP contribution in [0.15, 0.2) is 0 Å². The molecule has 0 heterocycles. The number of hydrogen-bond donors (Lipinski definition) is 1. The molecule has 1 aliphatic rings. The maximum absolute atomic E-state index is 13.6. The van der Waals surface area contributed by atoms with E-state index in [2.05, 4.69) is 19.2 Å². The Bertz CT molecular complexity index is 1130. The molecule has 0 saturated heterocycles. The summed E-state index contributed by atoms with van der Waals surface area (Å²) in [6.45, 7) is 19.3. The molecule has 8 heteroatoms. The number of unbranched alkanes of at least 4 members (excludes halogenated alkanes) is 29. The lowest BCUT2D eigenvalue weighted by atomic mass is 10.0. The fourth-order valence-corrected chi connectivity index (χ4v) is 8.69. The number of carbonyl (C=O) groups is 3. The quantitative estimate of drug-likeness (QED) is 0.0481. The van der Waals surface area contributed by atoms with E-state index >= 15 is 0 Å². The molecule has 0 aromatic rings. The van der Waals surface area contributed by atoms with Gasteiger partial charge in [-0.1, -0.05) is 200 Å². The van der Waals surface area contributed by atoms with Gasteiger partial charge in [0.05, 0.1) is 35.4 Å². The summed E-state index contributed by atoms with van der Waals surface area (Å²) in [7, 11) is 0. The number of hydrogen-bond acceptors (Lipinski definition) is 7. The van der Waals surface area contributed by atoms with Crippen LogP contribution in [0.5, 0.6) is 0 Å². The van der Waals surface area contributed by atoms with Gasteiger partial charge in [0.1, 0.15) is 0 Å². The third kappa shape index (κ3) is 29.7. The second-order valence-corrected chi connectivity index (χ2v) is 21.2. The minimum absolute atomic E-state index is 0.115. The van der Waals surface area contributed by atoms with E-state index < -0.39 is 34.7 Å². The Morgan fingerprint density at radius 3 is 1.34 bits per heavy atom. The second-order valence-electron chi connectivity index (χ2n) is 21.2. The van der Waals surface area contributed by atoms with Gasteiger partial charge in [-0.05, 0) is 74.1 Å². The Labute approximate surface area is 384 Å². The predicted molar refractivity (Wildman–Crippen MR) is 260 cm³/mol. The van der Waals surface area contributed by atoms with Crippen LogP contribution in [-0.2, 0) is 33.3 Å². The van der Waals surface area contributed by atoms with Crippen molar-refractivity contribution < 1.29 is 33.3 Å². The predicted octanol–water partition coefficient (Wildman–Crippen LogP) is 15.2. The maximum atomic E-state index is 13.6. The highest BCUT2D eigenvalue weighted by molar-refractivity contribution is 5.88. The van der Waals surface area contributed by atoms with Crippen LogP contribution in [-0.4, -0.2) is 60.5 Å². The van der Waals surface area contributed by atoms with Crippen molar-refractivity contribution in [2.75, 3.05) is 19.8 Å². The molecular weight excluding hydrogens is 775 g/mol. The highest BCUT2D eigenvalue weighted by Gasteiger charge is 2.68. The molecule has 0 aromatic carbocycles. The summed E-state index contributed by atoms with van der Waals surface area (Å²) in [5, 5.41) is 2.93. The van der Waals surface area contributed by atoms with Gasteiger partial charge >= 0.3 is 11.9 Å². The highest BCUT2D eigenvalue weighted by atomic mass is 16.6. The van der Waals surface area contributed by atoms with Gasteiger partial charge in [-0.15, -0.1) is 0 Å². The van der Waals surface area contributed by atoms with Crippen LogP contribution in [0, 0.1) is 5.41 Å². The number of rotatable bonds is 43. The van der Waals surface area contributed by atoms with Gasteiger partial charge in [-0.2, -0.15) is 0 Å². The zero-order valence-corrected chi connectivity index (χ0v) is 42.6. The first-order chi connectivity index (χ1) is 29.6. The minimum Gasteiger partial charge on any atom is -0.463 e. The Morgan fingerprint density at radius 1 is 0.548 bits per heavy atom. The molecule has 0 bridgehead atoms. The molecule has 1 rings (SSSR count). The standard InChI is InChI=1S/C54H103NO7/c1-10-12-14-16-18-20-22-24-26-28-30-32-34-36-38-40-43-59-49(57)47(61-48(56)41-39-37-35-33-31-29-27-25-23-21-19-17-15-13-11-2)45-55-50(58)53(8)46-54(53,9)62-52(6,7)42-44-60-51(3,4)5/h47H,10-46H2,1-9H3,(H,55,58). The van der Waals surface area contributed by atoms with E-state index in [0.717, 1.165) is 38.5 Å². The van der Waals surface area contributed by atoms with Gasteiger partial charge in [-0.3, -0.25) is 9.59 Å². The molecule has 1 amide bonds. The van der Waals surface area contributed by atoms with Crippen molar-refractivity contribution in [3.63, 3.8) is 0 Å². The summed E-state index contributed by atoms with van der Waals surface area (Å²) in [4.78, 5) is 40.0. The van der Waals surface area contributed by atoms with Crippen molar-refractivity contribution in [1.29, 1.82) is 0 Å². The Balaban J connectivity index is 2.47. The molecule has 366 valence electrons. The topological polar surface area (TPSA) is 100 Å². The van der Waals surface area contributed by atoms with Crippen LogP contribution in [0.1, 0.15) is 281 Å². The molecule has 1 aliphatic carbocycles. The van der Waals surface area contributed by atoms with E-state index in [0.29, 0.717) is 19.4 Å². The van der Waals surface area contributed by atoms with Gasteiger partial charge in [0, 0.05) is 13.0 Å². The fourth-order valence-electron chi connectivity index (χ4n) is 8.69. The summed E-state index contributed by atoms with van der Waals surface area (Å²) in [6.07, 6.45) is 39.6. The highest BCUT2D eigenvalue weighted by Crippen LogP contribution is 2.60. The Morgan fingerprint density at radius 2 is 0.935 bits per heavy atom. The van der Waals surface area contributed by atoms with E-state index in [-0.39, 0.29) is 31.1 Å². The number of carbonyl (C=O) groups excluding carboxylic acids is 3. The molecular formula is C54H103NO7. The van der Waals surface area contributed by atoms with Crippen molar-refractivity contribution in [1.82, 2.24) is 5.32 Å². The van der Waals surface area contributed by atoms with Crippen LogP contribution >= 0.6 is 0 Å². The van der Waals surface area contributed by atoms with Crippen LogP contribution < -0.4 is 5.32 Å². The summed E-state index contributed by atoms with van der Waals surface area (Å²) in [5.74, 6) is -1.21. The smallest absolute Gasteiger partial charge is 0.349 e. The second kappa shape index (κ2) is 34.6. The maximum Gasteiger partial charge on any atom is 0.349 e. The summed E-state index contributed by atoms with van der Waals surface area (Å²) < 4.78 is 23.9. The zero-order chi connectivity index (χ0) is 46.0. The molecule has 0 aromatic heterocycles. The van der Waals surface area contributed by atoms with E-state index in [1.54, 1.807) is 0 Å². The van der Waals surface area contributed by atoms with Crippen LogP contribution in [0.3, 0.4) is 0 Å². The van der Waals surface area contributed by atoms with Crippen molar-refractivity contribution in [3.8, 4) is 0 Å². The third-order valence-corrected chi connectivity index (χ3v) is 13.2. The molecule has 0 spiro atoms. The number of amides is 1. The zero-order valence-electron chi connectivity index (χ0n) is 42.6. The van der Waals surface area contributed by atoms with Gasteiger partial charge in [-0.25, -0.2) is 4.79 Å². The van der Waals surface area contributed by atoms with Gasteiger partial charge in [0.15, 0.2) is 0 Å². The summed E-state index contributed by atoms with van der Waals surface area (Å²) in [6, 6.07) is 0. The van der Waals surface area contributed by atoms with E-state index in [1.165, 1.54) is 161 Å². The van der Waals surface area contributed by atoms with Gasteiger partial charge in [0.2, 0.25) is 12.0 Å². The molecule has 1 N–H and O–H groups in total. The third-order valence-electron chi connectivity index (χ3n) is 13.2. The first-order valence-corrected chi connectivity index (χ1v) is 26.6. The number of nitrogens with one attached hydrogen (secondary N) is 1. The van der Waals surface area contributed by atoms with Crippen LogP contribution in [0.4, 0.5) is 0 Å². The molecule has 3 unspecified atom stereocenters. The van der Waals surface area contributed by atoms with Gasteiger partial charge < -0.3 is 24.3 Å². The van der Waals surface area contributed by atoms with Crippen LogP contribution in [0.2, 0.25) is 0 Å². The average Bonchev–Trinajstić information content (AvgIpc) is 3.76. The van der Waals surface area contributed by atoms with Crippen molar-refractivity contribution in [3.05, 3.63) is 0 Å². The first kappa shape index (κ1) is 58.3. The van der Waals surface area contributed by atoms with Crippen molar-refractivity contribution >= 4 is 17.8 Å². The molecule has 0 radical (unpaired) electrons. The summed E-state index contributed by atoms with van der Waals surface area (Å²) >= 11 is 0. The largest absolute Gasteiger partial charge is 0.463 e. The molecule has 8 nitrogen and oxygen atoms in total. The number of ether oxygens (including phenoxy) is 4. The normalized spacial score (nSPS) is 18.1. The lowest BCUT2D eigenvalue weighted by Gasteiger charge is -2.33. The lowest BCUT2D eigenvalue weighted by molar-refractivity contribution is -0.168. The molecule has 1 saturated carbocycles. The van der Waals surface area contributed by atoms with E-state index in [1.807, 2.05) is 48.5 Å². The lowest BCUT2D eigenvalue weighted by Crippen LogP contribution is -2.45. The minimum atomic E-state index is -1.18. The molecule has 62 heavy (non-hydrogen) atoms. The molecule has 3 atom stereocenters.